The number of nitrogens with zero attached hydrogens (tertiary/aromatic N) is 3. The molecule has 7 heteroatoms. The molecule has 29 heavy (non-hydrogen) atoms. The third-order valence-electron chi connectivity index (χ3n) is 5.89. The van der Waals surface area contributed by atoms with E-state index in [1.54, 1.807) is 21.3 Å². The van der Waals surface area contributed by atoms with E-state index in [-0.39, 0.29) is 0 Å². The molecule has 162 valence electrons. The Morgan fingerprint density at radius 1 is 1.14 bits per heavy atom. The molecule has 0 saturated carbocycles. The Hall–Kier alpha value is -1.99. The Morgan fingerprint density at radius 3 is 2.59 bits per heavy atom. The number of guanidine groups is 1. The lowest BCUT2D eigenvalue weighted by molar-refractivity contribution is 0.142. The third kappa shape index (κ3) is 5.34. The quantitative estimate of drug-likeness (QED) is 0.529. The maximum Gasteiger partial charge on any atom is 0.194 e. The first kappa shape index (κ1) is 21.7. The van der Waals surface area contributed by atoms with Crippen molar-refractivity contribution in [3.63, 3.8) is 0 Å². The van der Waals surface area contributed by atoms with E-state index in [2.05, 4.69) is 34.2 Å². The number of methoxy groups -OCH3 is 3. The lowest BCUT2D eigenvalue weighted by Gasteiger charge is -2.32. The molecule has 3 rings (SSSR count). The van der Waals surface area contributed by atoms with E-state index in [0.717, 1.165) is 69.8 Å². The summed E-state index contributed by atoms with van der Waals surface area (Å²) in [6.45, 7) is 8.54. The Kier molecular flexibility index (Phi) is 8.00. The number of nitrogens with one attached hydrogen (secondary N) is 1. The monoisotopic (exact) mass is 404 g/mol. The molecule has 7 nitrogen and oxygen atoms in total. The van der Waals surface area contributed by atoms with Gasteiger partial charge in [0.25, 0.3) is 0 Å². The van der Waals surface area contributed by atoms with Crippen molar-refractivity contribution in [2.24, 2.45) is 4.99 Å². The van der Waals surface area contributed by atoms with Gasteiger partial charge >= 0.3 is 0 Å². The highest BCUT2D eigenvalue weighted by Crippen LogP contribution is 2.33. The summed E-state index contributed by atoms with van der Waals surface area (Å²) in [5.74, 6) is 2.60. The summed E-state index contributed by atoms with van der Waals surface area (Å²) >= 11 is 0. The Labute approximate surface area is 175 Å². The molecular weight excluding hydrogens is 368 g/mol. The van der Waals surface area contributed by atoms with Crippen LogP contribution in [0.5, 0.6) is 11.5 Å². The number of benzene rings is 1. The van der Waals surface area contributed by atoms with Crippen molar-refractivity contribution in [1.82, 2.24) is 15.1 Å². The van der Waals surface area contributed by atoms with Crippen LogP contribution in [0.25, 0.3) is 0 Å². The summed E-state index contributed by atoms with van der Waals surface area (Å²) in [4.78, 5) is 9.89. The van der Waals surface area contributed by atoms with Crippen LogP contribution in [-0.2, 0) is 17.7 Å². The molecular formula is C22H36N4O3. The summed E-state index contributed by atoms with van der Waals surface area (Å²) in [6, 6.07) is 4.73. The summed E-state index contributed by atoms with van der Waals surface area (Å²) < 4.78 is 16.2. The van der Waals surface area contributed by atoms with Crippen LogP contribution in [0.4, 0.5) is 0 Å². The van der Waals surface area contributed by atoms with Gasteiger partial charge in [0.2, 0.25) is 0 Å². The molecule has 1 atom stereocenters. The van der Waals surface area contributed by atoms with Crippen molar-refractivity contribution in [2.45, 2.75) is 38.8 Å². The zero-order valence-electron chi connectivity index (χ0n) is 18.4. The fourth-order valence-corrected chi connectivity index (χ4v) is 4.29. The molecule has 2 aliphatic heterocycles. The minimum absolute atomic E-state index is 0.514. The van der Waals surface area contributed by atoms with Crippen LogP contribution in [0.2, 0.25) is 0 Å². The number of rotatable bonds is 8. The maximum absolute atomic E-state index is 5.50. The second kappa shape index (κ2) is 10.7. The van der Waals surface area contributed by atoms with E-state index in [1.165, 1.54) is 24.0 Å². The van der Waals surface area contributed by atoms with E-state index in [9.17, 15) is 0 Å². The largest absolute Gasteiger partial charge is 0.493 e. The molecule has 1 aromatic carbocycles. The van der Waals surface area contributed by atoms with Crippen molar-refractivity contribution in [2.75, 3.05) is 60.7 Å². The van der Waals surface area contributed by atoms with Gasteiger partial charge < -0.3 is 24.4 Å². The molecule has 1 saturated heterocycles. The van der Waals surface area contributed by atoms with E-state index < -0.39 is 0 Å². The number of likely N-dealkylation sites (tertiary alicyclic amines) is 1. The number of fused-ring (bicyclic) bond motifs is 1. The topological polar surface area (TPSA) is 58.6 Å². The van der Waals surface area contributed by atoms with E-state index in [1.807, 2.05) is 0 Å². The van der Waals surface area contributed by atoms with Gasteiger partial charge in [-0.05, 0) is 56.0 Å². The van der Waals surface area contributed by atoms with Crippen LogP contribution in [0, 0.1) is 0 Å². The van der Waals surface area contributed by atoms with Crippen LogP contribution in [0.3, 0.4) is 0 Å². The fraction of sp³-hybridized carbons (Fsp3) is 0.682. The first-order valence-electron chi connectivity index (χ1n) is 10.7. The van der Waals surface area contributed by atoms with Gasteiger partial charge in [-0.1, -0.05) is 0 Å². The first-order chi connectivity index (χ1) is 14.2. The van der Waals surface area contributed by atoms with Crippen LogP contribution < -0.4 is 14.8 Å². The summed E-state index contributed by atoms with van der Waals surface area (Å²) in [7, 11) is 5.15. The average Bonchev–Trinajstić information content (AvgIpc) is 3.20. The van der Waals surface area contributed by atoms with Crippen LogP contribution >= 0.6 is 0 Å². The van der Waals surface area contributed by atoms with Crippen molar-refractivity contribution >= 4 is 5.96 Å². The maximum atomic E-state index is 5.50. The first-order valence-corrected chi connectivity index (χ1v) is 10.7. The van der Waals surface area contributed by atoms with Gasteiger partial charge in [0, 0.05) is 39.3 Å². The zero-order chi connectivity index (χ0) is 20.6. The van der Waals surface area contributed by atoms with Gasteiger partial charge in [0.05, 0.1) is 27.4 Å². The molecule has 0 aliphatic carbocycles. The Morgan fingerprint density at radius 2 is 1.90 bits per heavy atom. The summed E-state index contributed by atoms with van der Waals surface area (Å²) in [5, 5.41) is 3.49. The van der Waals surface area contributed by atoms with Gasteiger partial charge in [0.15, 0.2) is 17.5 Å². The molecule has 2 heterocycles. The lowest BCUT2D eigenvalue weighted by Crippen LogP contribution is -2.45. The number of hydrogen-bond acceptors (Lipinski definition) is 5. The van der Waals surface area contributed by atoms with Crippen molar-refractivity contribution in [3.05, 3.63) is 23.3 Å². The molecule has 0 amide bonds. The minimum atomic E-state index is 0.514. The highest BCUT2D eigenvalue weighted by atomic mass is 16.5. The standard InChI is InChI=1S/C22H36N4O3/c1-5-23-22(24-15-19-7-6-9-25(19)11-12-27-2)26-10-8-17-13-20(28-3)21(29-4)14-18(17)16-26/h13-14,19H,5-12,15-16H2,1-4H3,(H,23,24). The van der Waals surface area contributed by atoms with Crippen LogP contribution in [-0.4, -0.2) is 82.5 Å². The normalized spacial score (nSPS) is 19.9. The van der Waals surface area contributed by atoms with Gasteiger partial charge in [-0.2, -0.15) is 0 Å². The lowest BCUT2D eigenvalue weighted by atomic mass is 9.99. The van der Waals surface area contributed by atoms with Gasteiger partial charge in [-0.3, -0.25) is 9.89 Å². The molecule has 1 aromatic rings. The minimum Gasteiger partial charge on any atom is -0.493 e. The van der Waals surface area contributed by atoms with Gasteiger partial charge in [-0.25, -0.2) is 0 Å². The molecule has 0 spiro atoms. The molecule has 1 N–H and O–H groups in total. The highest BCUT2D eigenvalue weighted by molar-refractivity contribution is 5.80. The fourth-order valence-electron chi connectivity index (χ4n) is 4.29. The van der Waals surface area contributed by atoms with Crippen molar-refractivity contribution < 1.29 is 14.2 Å². The predicted octanol–water partition coefficient (Wildman–Crippen LogP) is 2.14. The molecule has 1 unspecified atom stereocenters. The number of ether oxygens (including phenoxy) is 3. The highest BCUT2D eigenvalue weighted by Gasteiger charge is 2.25. The van der Waals surface area contributed by atoms with E-state index in [0.29, 0.717) is 6.04 Å². The predicted molar refractivity (Wildman–Crippen MR) is 116 cm³/mol. The average molecular weight is 405 g/mol. The van der Waals surface area contributed by atoms with Crippen LogP contribution in [0.1, 0.15) is 30.9 Å². The molecule has 0 radical (unpaired) electrons. The van der Waals surface area contributed by atoms with Crippen LogP contribution in [0.15, 0.2) is 17.1 Å². The zero-order valence-corrected chi connectivity index (χ0v) is 18.4. The van der Waals surface area contributed by atoms with E-state index in [4.69, 9.17) is 19.2 Å². The second-order valence-electron chi connectivity index (χ2n) is 7.67. The molecule has 0 bridgehead atoms. The second-order valence-corrected chi connectivity index (χ2v) is 7.67. The number of aliphatic imine (C=N–C) groups is 1. The summed E-state index contributed by atoms with van der Waals surface area (Å²) in [6.07, 6.45) is 3.44. The molecule has 2 aliphatic rings. The van der Waals surface area contributed by atoms with Crippen molar-refractivity contribution in [3.8, 4) is 11.5 Å². The Bertz CT molecular complexity index is 695. The smallest absolute Gasteiger partial charge is 0.194 e. The third-order valence-corrected chi connectivity index (χ3v) is 5.89. The number of hydrogen-bond donors (Lipinski definition) is 1. The Balaban J connectivity index is 1.70. The van der Waals surface area contributed by atoms with Gasteiger partial charge in [-0.15, -0.1) is 0 Å². The van der Waals surface area contributed by atoms with E-state index >= 15 is 0 Å². The van der Waals surface area contributed by atoms with Crippen molar-refractivity contribution in [1.29, 1.82) is 0 Å². The molecule has 0 aromatic heterocycles. The summed E-state index contributed by atoms with van der Waals surface area (Å²) in [5.41, 5.74) is 2.61. The molecule has 1 fully saturated rings. The SMILES string of the molecule is CCNC(=NCC1CCCN1CCOC)N1CCc2cc(OC)c(OC)cc2C1. The van der Waals surface area contributed by atoms with Gasteiger partial charge in [0.1, 0.15) is 0 Å².